The quantitative estimate of drug-likeness (QED) is 0.617. The molecule has 0 heterocycles. The highest BCUT2D eigenvalue weighted by molar-refractivity contribution is 5.71. The molecule has 1 atom stereocenters. The fraction of sp³-hybridized carbons (Fsp3) is 0.455. The van der Waals surface area contributed by atoms with Crippen LogP contribution in [0, 0.1) is 11.7 Å². The number of benzene rings is 2. The van der Waals surface area contributed by atoms with Crippen molar-refractivity contribution in [3.05, 3.63) is 53.3 Å². The number of methoxy groups -OCH3 is 1. The Labute approximate surface area is 145 Å². The van der Waals surface area contributed by atoms with Crippen LogP contribution in [0.25, 0.3) is 11.1 Å². The van der Waals surface area contributed by atoms with E-state index >= 15 is 0 Å². The van der Waals surface area contributed by atoms with Gasteiger partial charge < -0.3 is 4.74 Å². The monoisotopic (exact) mass is 328 g/mol. The van der Waals surface area contributed by atoms with Crippen molar-refractivity contribution in [1.29, 1.82) is 0 Å². The maximum Gasteiger partial charge on any atom is 0.131 e. The molecule has 2 heteroatoms. The Bertz CT molecular complexity index is 710. The lowest BCUT2D eigenvalue weighted by molar-refractivity contribution is 0.414. The lowest BCUT2D eigenvalue weighted by Crippen LogP contribution is -2.15. The lowest BCUT2D eigenvalue weighted by Gasteiger charge is -2.26. The van der Waals surface area contributed by atoms with Crippen LogP contribution in [0.4, 0.5) is 4.39 Å². The number of ether oxygens (including phenoxy) is 1. The first-order valence-electron chi connectivity index (χ1n) is 8.63. The van der Waals surface area contributed by atoms with Gasteiger partial charge in [0.2, 0.25) is 0 Å². The van der Waals surface area contributed by atoms with Gasteiger partial charge in [-0.2, -0.15) is 0 Å². The van der Waals surface area contributed by atoms with Crippen molar-refractivity contribution < 1.29 is 9.13 Å². The summed E-state index contributed by atoms with van der Waals surface area (Å²) in [7, 11) is 1.61. The van der Waals surface area contributed by atoms with Crippen molar-refractivity contribution in [3.8, 4) is 16.9 Å². The van der Waals surface area contributed by atoms with Crippen LogP contribution in [-0.2, 0) is 5.41 Å². The average molecular weight is 328 g/mol. The van der Waals surface area contributed by atoms with Crippen molar-refractivity contribution in [2.24, 2.45) is 5.92 Å². The maximum atomic E-state index is 14.5. The summed E-state index contributed by atoms with van der Waals surface area (Å²) < 4.78 is 19.8. The van der Waals surface area contributed by atoms with Crippen molar-refractivity contribution in [1.82, 2.24) is 0 Å². The normalized spacial score (nSPS) is 13.2. The van der Waals surface area contributed by atoms with Gasteiger partial charge in [0.25, 0.3) is 0 Å². The summed E-state index contributed by atoms with van der Waals surface area (Å²) in [5, 5.41) is 0. The number of rotatable bonds is 4. The molecule has 0 saturated heterocycles. The number of halogens is 1. The fourth-order valence-corrected chi connectivity index (χ4v) is 2.92. The van der Waals surface area contributed by atoms with E-state index in [0.717, 1.165) is 5.56 Å². The minimum absolute atomic E-state index is 0.0719. The molecule has 0 N–H and O–H groups in total. The standard InChI is InChI=1S/C22H29FO/c1-14(2)15(3)16-8-10-18(20(12-16)22(4,5)6)19-13-17(24-7)9-11-21(19)23/h8-15H,1-7H3/t15-/m1/s1. The molecule has 2 rings (SSSR count). The van der Waals surface area contributed by atoms with Crippen LogP contribution in [0.2, 0.25) is 0 Å². The summed E-state index contributed by atoms with van der Waals surface area (Å²) in [6.45, 7) is 13.2. The highest BCUT2D eigenvalue weighted by atomic mass is 19.1. The van der Waals surface area contributed by atoms with Crippen LogP contribution in [0.1, 0.15) is 58.6 Å². The van der Waals surface area contributed by atoms with Crippen molar-refractivity contribution in [3.63, 3.8) is 0 Å². The third kappa shape index (κ3) is 3.80. The zero-order valence-corrected chi connectivity index (χ0v) is 15.9. The lowest BCUT2D eigenvalue weighted by atomic mass is 9.78. The van der Waals surface area contributed by atoms with Gasteiger partial charge in [-0.3, -0.25) is 0 Å². The SMILES string of the molecule is COc1ccc(F)c(-c2ccc([C@H](C)C(C)C)cc2C(C)(C)C)c1. The molecule has 0 saturated carbocycles. The van der Waals surface area contributed by atoms with Gasteiger partial charge in [0.05, 0.1) is 7.11 Å². The zero-order chi connectivity index (χ0) is 18.1. The van der Waals surface area contributed by atoms with Gasteiger partial charge in [-0.15, -0.1) is 0 Å². The van der Waals surface area contributed by atoms with Gasteiger partial charge in [0.1, 0.15) is 11.6 Å². The summed E-state index contributed by atoms with van der Waals surface area (Å²) in [4.78, 5) is 0. The molecule has 24 heavy (non-hydrogen) atoms. The topological polar surface area (TPSA) is 9.23 Å². The first kappa shape index (κ1) is 18.5. The number of hydrogen-bond donors (Lipinski definition) is 0. The largest absolute Gasteiger partial charge is 0.497 e. The minimum atomic E-state index is -0.217. The summed E-state index contributed by atoms with van der Waals surface area (Å²) >= 11 is 0. The molecular formula is C22H29FO. The Hall–Kier alpha value is -1.83. The Morgan fingerprint density at radius 2 is 1.58 bits per heavy atom. The summed E-state index contributed by atoms with van der Waals surface area (Å²) in [6, 6.07) is 11.4. The highest BCUT2D eigenvalue weighted by Gasteiger charge is 2.23. The molecule has 0 spiro atoms. The van der Waals surface area contributed by atoms with Crippen LogP contribution in [0.15, 0.2) is 36.4 Å². The smallest absolute Gasteiger partial charge is 0.131 e. The highest BCUT2D eigenvalue weighted by Crippen LogP contribution is 2.38. The molecule has 0 aliphatic rings. The van der Waals surface area contributed by atoms with Crippen LogP contribution in [-0.4, -0.2) is 7.11 Å². The predicted octanol–water partition coefficient (Wildman–Crippen LogP) is 6.56. The first-order chi connectivity index (χ1) is 11.1. The van der Waals surface area contributed by atoms with Gasteiger partial charge in [-0.05, 0) is 52.1 Å². The van der Waals surface area contributed by atoms with E-state index in [2.05, 4.69) is 59.7 Å². The second-order valence-electron chi connectivity index (χ2n) is 7.93. The van der Waals surface area contributed by atoms with Gasteiger partial charge in [-0.25, -0.2) is 4.39 Å². The van der Waals surface area contributed by atoms with E-state index < -0.39 is 0 Å². The van der Waals surface area contributed by atoms with Crippen molar-refractivity contribution in [2.75, 3.05) is 7.11 Å². The Morgan fingerprint density at radius 3 is 2.12 bits per heavy atom. The molecule has 0 fully saturated rings. The molecule has 130 valence electrons. The van der Waals surface area contributed by atoms with E-state index in [1.807, 2.05) is 0 Å². The summed E-state index contributed by atoms with van der Waals surface area (Å²) in [6.07, 6.45) is 0. The van der Waals surface area contributed by atoms with Crippen molar-refractivity contribution >= 4 is 0 Å². The van der Waals surface area contributed by atoms with Crippen LogP contribution < -0.4 is 4.74 Å². The van der Waals surface area contributed by atoms with Gasteiger partial charge in [-0.1, -0.05) is 59.7 Å². The molecule has 2 aromatic carbocycles. The predicted molar refractivity (Wildman–Crippen MR) is 100 cm³/mol. The fourth-order valence-electron chi connectivity index (χ4n) is 2.92. The average Bonchev–Trinajstić information content (AvgIpc) is 2.53. The van der Waals surface area contributed by atoms with Gasteiger partial charge in [0, 0.05) is 5.56 Å². The molecule has 0 bridgehead atoms. The van der Waals surface area contributed by atoms with Crippen molar-refractivity contribution in [2.45, 2.75) is 52.9 Å². The van der Waals surface area contributed by atoms with Crippen LogP contribution in [0.5, 0.6) is 5.75 Å². The number of hydrogen-bond acceptors (Lipinski definition) is 1. The molecule has 0 aromatic heterocycles. The molecule has 1 nitrogen and oxygen atoms in total. The second kappa shape index (κ2) is 6.96. The molecule has 0 amide bonds. The molecule has 0 radical (unpaired) electrons. The Balaban J connectivity index is 2.66. The Kier molecular flexibility index (Phi) is 5.37. The van der Waals surface area contributed by atoms with E-state index in [9.17, 15) is 4.39 Å². The molecule has 2 aromatic rings. The Morgan fingerprint density at radius 1 is 0.917 bits per heavy atom. The van der Waals surface area contributed by atoms with E-state index in [-0.39, 0.29) is 11.2 Å². The third-order valence-electron chi connectivity index (χ3n) is 4.84. The third-order valence-corrected chi connectivity index (χ3v) is 4.84. The van der Waals surface area contributed by atoms with E-state index in [0.29, 0.717) is 23.1 Å². The zero-order valence-electron chi connectivity index (χ0n) is 15.9. The van der Waals surface area contributed by atoms with Gasteiger partial charge in [0.15, 0.2) is 0 Å². The first-order valence-corrected chi connectivity index (χ1v) is 8.63. The minimum Gasteiger partial charge on any atom is -0.497 e. The molecule has 0 unspecified atom stereocenters. The second-order valence-corrected chi connectivity index (χ2v) is 7.93. The van der Waals surface area contributed by atoms with Gasteiger partial charge >= 0.3 is 0 Å². The van der Waals surface area contributed by atoms with Crippen LogP contribution >= 0.6 is 0 Å². The summed E-state index contributed by atoms with van der Waals surface area (Å²) in [5.74, 6) is 1.49. The van der Waals surface area contributed by atoms with E-state index in [1.165, 1.54) is 17.2 Å². The summed E-state index contributed by atoms with van der Waals surface area (Å²) in [5.41, 5.74) is 3.95. The van der Waals surface area contributed by atoms with E-state index in [4.69, 9.17) is 4.74 Å². The van der Waals surface area contributed by atoms with Crippen LogP contribution in [0.3, 0.4) is 0 Å². The molecule has 0 aliphatic heterocycles. The maximum absolute atomic E-state index is 14.5. The molecule has 0 aliphatic carbocycles. The van der Waals surface area contributed by atoms with E-state index in [1.54, 1.807) is 19.2 Å². The molecular weight excluding hydrogens is 299 g/mol.